The Morgan fingerprint density at radius 2 is 1.75 bits per heavy atom. The predicted molar refractivity (Wildman–Crippen MR) is 108 cm³/mol. The molecule has 2 aromatic carbocycles. The predicted octanol–water partition coefficient (Wildman–Crippen LogP) is 3.59. The lowest BCUT2D eigenvalue weighted by molar-refractivity contribution is 0.0792. The zero-order chi connectivity index (χ0) is 19.8. The van der Waals surface area contributed by atoms with Gasteiger partial charge in [0.2, 0.25) is 0 Å². The maximum atomic E-state index is 12.5. The van der Waals surface area contributed by atoms with Crippen molar-refractivity contribution in [1.82, 2.24) is 4.90 Å². The Hall–Kier alpha value is -2.86. The molecular formula is C22H26N2O4. The van der Waals surface area contributed by atoms with Crippen molar-refractivity contribution >= 4 is 17.5 Å². The summed E-state index contributed by atoms with van der Waals surface area (Å²) in [6, 6.07) is 14.0. The van der Waals surface area contributed by atoms with E-state index in [1.54, 1.807) is 48.5 Å². The highest BCUT2D eigenvalue weighted by Crippen LogP contribution is 2.18. The number of benzene rings is 2. The molecule has 148 valence electrons. The number of anilines is 1. The van der Waals surface area contributed by atoms with Gasteiger partial charge in [0.1, 0.15) is 12.4 Å². The quantitative estimate of drug-likeness (QED) is 0.709. The van der Waals surface area contributed by atoms with Crippen molar-refractivity contribution in [2.45, 2.75) is 19.8 Å². The van der Waals surface area contributed by atoms with Gasteiger partial charge in [-0.3, -0.25) is 9.59 Å². The van der Waals surface area contributed by atoms with Gasteiger partial charge in [0.25, 0.3) is 11.8 Å². The van der Waals surface area contributed by atoms with Crippen LogP contribution in [0.3, 0.4) is 0 Å². The van der Waals surface area contributed by atoms with Crippen molar-refractivity contribution < 1.29 is 19.1 Å². The van der Waals surface area contributed by atoms with E-state index in [0.717, 1.165) is 25.9 Å². The molecule has 0 atom stereocenters. The van der Waals surface area contributed by atoms with Crippen molar-refractivity contribution in [3.63, 3.8) is 0 Å². The minimum Gasteiger partial charge on any atom is -0.491 e. The summed E-state index contributed by atoms with van der Waals surface area (Å²) in [7, 11) is 0. The number of amides is 2. The molecule has 0 spiro atoms. The molecule has 1 aliphatic heterocycles. The van der Waals surface area contributed by atoms with E-state index in [9.17, 15) is 9.59 Å². The largest absolute Gasteiger partial charge is 0.491 e. The summed E-state index contributed by atoms with van der Waals surface area (Å²) < 4.78 is 10.8. The Morgan fingerprint density at radius 1 is 1.00 bits per heavy atom. The van der Waals surface area contributed by atoms with Gasteiger partial charge >= 0.3 is 0 Å². The van der Waals surface area contributed by atoms with Gasteiger partial charge in [-0.2, -0.15) is 0 Å². The lowest BCUT2D eigenvalue weighted by Gasteiger charge is -2.15. The van der Waals surface area contributed by atoms with Crippen molar-refractivity contribution in [3.05, 3.63) is 59.7 Å². The average Bonchev–Trinajstić information content (AvgIpc) is 3.26. The molecule has 0 unspecified atom stereocenters. The number of ether oxygens (including phenoxy) is 2. The number of carbonyl (C=O) groups excluding carboxylic acids is 2. The fourth-order valence-corrected chi connectivity index (χ4v) is 3.10. The Bertz CT molecular complexity index is 798. The lowest BCUT2D eigenvalue weighted by atomic mass is 10.1. The van der Waals surface area contributed by atoms with E-state index in [1.165, 1.54) is 0 Å². The summed E-state index contributed by atoms with van der Waals surface area (Å²) in [5, 5.41) is 2.85. The third-order valence-electron chi connectivity index (χ3n) is 4.58. The summed E-state index contributed by atoms with van der Waals surface area (Å²) in [5.41, 5.74) is 1.72. The summed E-state index contributed by atoms with van der Waals surface area (Å²) >= 11 is 0. The number of nitrogens with one attached hydrogen (secondary N) is 1. The molecule has 28 heavy (non-hydrogen) atoms. The fourth-order valence-electron chi connectivity index (χ4n) is 3.10. The topological polar surface area (TPSA) is 67.9 Å². The molecule has 1 heterocycles. The van der Waals surface area contributed by atoms with E-state index in [1.807, 2.05) is 11.8 Å². The summed E-state index contributed by atoms with van der Waals surface area (Å²) in [6.07, 6.45) is 2.10. The zero-order valence-electron chi connectivity index (χ0n) is 16.1. The van der Waals surface area contributed by atoms with E-state index < -0.39 is 0 Å². The molecule has 1 aliphatic rings. The summed E-state index contributed by atoms with van der Waals surface area (Å²) in [6.45, 7) is 5.20. The van der Waals surface area contributed by atoms with Crippen LogP contribution in [0.4, 0.5) is 5.69 Å². The van der Waals surface area contributed by atoms with Gasteiger partial charge < -0.3 is 19.7 Å². The number of hydrogen-bond acceptors (Lipinski definition) is 4. The van der Waals surface area contributed by atoms with Crippen molar-refractivity contribution in [1.29, 1.82) is 0 Å². The number of hydrogen-bond donors (Lipinski definition) is 1. The van der Waals surface area contributed by atoms with Gasteiger partial charge in [-0.25, -0.2) is 0 Å². The van der Waals surface area contributed by atoms with Gasteiger partial charge in [0, 0.05) is 36.5 Å². The molecule has 2 amide bonds. The second kappa shape index (κ2) is 9.90. The highest BCUT2D eigenvalue weighted by atomic mass is 16.5. The SMILES string of the molecule is CCOCCOc1ccc(C(=O)Nc2cccc(C(=O)N3CCCC3)c2)cc1. The molecule has 3 rings (SSSR count). The second-order valence-corrected chi connectivity index (χ2v) is 6.60. The smallest absolute Gasteiger partial charge is 0.255 e. The minimum absolute atomic E-state index is 0.0159. The minimum atomic E-state index is -0.230. The Kier molecular flexibility index (Phi) is 7.03. The third-order valence-corrected chi connectivity index (χ3v) is 4.58. The van der Waals surface area contributed by atoms with Crippen LogP contribution in [0, 0.1) is 0 Å². The molecule has 0 radical (unpaired) electrons. The summed E-state index contributed by atoms with van der Waals surface area (Å²) in [5.74, 6) is 0.475. The Balaban J connectivity index is 1.58. The normalized spacial score (nSPS) is 13.4. The van der Waals surface area contributed by atoms with Gasteiger partial charge in [-0.15, -0.1) is 0 Å². The maximum Gasteiger partial charge on any atom is 0.255 e. The number of nitrogens with zero attached hydrogens (tertiary/aromatic N) is 1. The zero-order valence-corrected chi connectivity index (χ0v) is 16.1. The Morgan fingerprint density at radius 3 is 2.46 bits per heavy atom. The molecular weight excluding hydrogens is 356 g/mol. The molecule has 0 saturated carbocycles. The number of likely N-dealkylation sites (tertiary alicyclic amines) is 1. The monoisotopic (exact) mass is 382 g/mol. The highest BCUT2D eigenvalue weighted by molar-refractivity contribution is 6.05. The van der Waals surface area contributed by atoms with Crippen LogP contribution in [0.1, 0.15) is 40.5 Å². The number of carbonyl (C=O) groups is 2. The van der Waals surface area contributed by atoms with Crippen molar-refractivity contribution in [2.75, 3.05) is 38.2 Å². The van der Waals surface area contributed by atoms with Crippen LogP contribution >= 0.6 is 0 Å². The third kappa shape index (κ3) is 5.33. The number of rotatable bonds is 8. The first-order valence-corrected chi connectivity index (χ1v) is 9.68. The molecule has 0 aliphatic carbocycles. The van der Waals surface area contributed by atoms with Crippen LogP contribution in [0.2, 0.25) is 0 Å². The Labute approximate surface area is 165 Å². The van der Waals surface area contributed by atoms with Crippen LogP contribution in [0.15, 0.2) is 48.5 Å². The van der Waals surface area contributed by atoms with E-state index in [2.05, 4.69) is 5.32 Å². The van der Waals surface area contributed by atoms with E-state index >= 15 is 0 Å². The fraction of sp³-hybridized carbons (Fsp3) is 0.364. The van der Waals surface area contributed by atoms with E-state index in [-0.39, 0.29) is 11.8 Å². The van der Waals surface area contributed by atoms with E-state index in [4.69, 9.17) is 9.47 Å². The first-order valence-electron chi connectivity index (χ1n) is 9.68. The van der Waals surface area contributed by atoms with Gasteiger partial charge in [-0.1, -0.05) is 6.07 Å². The lowest BCUT2D eigenvalue weighted by Crippen LogP contribution is -2.27. The van der Waals surface area contributed by atoms with Crippen LogP contribution in [0.5, 0.6) is 5.75 Å². The van der Waals surface area contributed by atoms with Gasteiger partial charge in [0.15, 0.2) is 0 Å². The van der Waals surface area contributed by atoms with Crippen LogP contribution < -0.4 is 10.1 Å². The maximum absolute atomic E-state index is 12.5. The van der Waals surface area contributed by atoms with Crippen LogP contribution in [0.25, 0.3) is 0 Å². The molecule has 1 N–H and O–H groups in total. The van der Waals surface area contributed by atoms with Crippen LogP contribution in [-0.4, -0.2) is 49.6 Å². The van der Waals surface area contributed by atoms with Crippen LogP contribution in [-0.2, 0) is 4.74 Å². The molecule has 6 nitrogen and oxygen atoms in total. The summed E-state index contributed by atoms with van der Waals surface area (Å²) in [4.78, 5) is 26.9. The highest BCUT2D eigenvalue weighted by Gasteiger charge is 2.19. The molecule has 0 bridgehead atoms. The van der Waals surface area contributed by atoms with Crippen molar-refractivity contribution in [3.8, 4) is 5.75 Å². The van der Waals surface area contributed by atoms with Gasteiger partial charge in [-0.05, 0) is 62.2 Å². The second-order valence-electron chi connectivity index (χ2n) is 6.60. The van der Waals surface area contributed by atoms with Crippen molar-refractivity contribution in [2.24, 2.45) is 0 Å². The molecule has 6 heteroatoms. The standard InChI is InChI=1S/C22H26N2O4/c1-2-27-14-15-28-20-10-8-17(9-11-20)21(25)23-19-7-5-6-18(16-19)22(26)24-12-3-4-13-24/h5-11,16H,2-4,12-15H2,1H3,(H,23,25). The van der Waals surface area contributed by atoms with Gasteiger partial charge in [0.05, 0.1) is 6.61 Å². The first-order chi connectivity index (χ1) is 13.7. The van der Waals surface area contributed by atoms with E-state index in [0.29, 0.717) is 42.4 Å². The molecule has 0 aromatic heterocycles. The molecule has 2 aromatic rings. The average molecular weight is 382 g/mol. The molecule has 1 fully saturated rings. The molecule has 1 saturated heterocycles. The first kappa shape index (κ1) is 19.9.